The van der Waals surface area contributed by atoms with Gasteiger partial charge in [0.1, 0.15) is 6.54 Å². The molecule has 0 aliphatic carbocycles. The number of rotatable bonds is 1. The van der Waals surface area contributed by atoms with Gasteiger partial charge in [0, 0.05) is 0 Å². The normalized spacial score (nSPS) is 25.3. The second-order valence-corrected chi connectivity index (χ2v) is 2.67. The molecule has 1 N–H and O–H groups in total. The zero-order chi connectivity index (χ0) is 7.84. The first-order valence-corrected chi connectivity index (χ1v) is 3.45. The lowest BCUT2D eigenvalue weighted by Gasteiger charge is -2.32. The number of carbonyl (C=O) groups excluding carboxylic acids is 2. The van der Waals surface area contributed by atoms with Crippen molar-refractivity contribution in [1.29, 1.82) is 0 Å². The average molecular weight is 156 g/mol. The molecule has 0 atom stereocenters. The van der Waals surface area contributed by atoms with Crippen LogP contribution in [0.15, 0.2) is 0 Å². The van der Waals surface area contributed by atoms with Crippen LogP contribution in [0.4, 0.5) is 4.79 Å². The molecule has 0 spiro atoms. The lowest BCUT2D eigenvalue weighted by atomic mass is 10.2. The highest BCUT2D eigenvalue weighted by atomic mass is 16.5. The molecular formula is C6H8N2O3. The quantitative estimate of drug-likeness (QED) is 0.492. The molecule has 2 rings (SSSR count). The predicted octanol–water partition coefficient (Wildman–Crippen LogP) is -1.06. The van der Waals surface area contributed by atoms with Gasteiger partial charge < -0.3 is 9.64 Å². The summed E-state index contributed by atoms with van der Waals surface area (Å²) in [5, 5.41) is 2.21. The number of carbonyl (C=O) groups is 2. The Morgan fingerprint density at radius 2 is 2.18 bits per heavy atom. The van der Waals surface area contributed by atoms with Gasteiger partial charge in [-0.2, -0.15) is 0 Å². The summed E-state index contributed by atoms with van der Waals surface area (Å²) in [5.74, 6) is -0.220. The topological polar surface area (TPSA) is 58.6 Å². The third kappa shape index (κ3) is 0.970. The molecule has 2 saturated heterocycles. The number of imide groups is 1. The Labute approximate surface area is 63.3 Å². The van der Waals surface area contributed by atoms with Crippen LogP contribution >= 0.6 is 0 Å². The van der Waals surface area contributed by atoms with Crippen LogP contribution in [0, 0.1) is 0 Å². The van der Waals surface area contributed by atoms with Crippen molar-refractivity contribution >= 4 is 11.9 Å². The molecule has 5 heteroatoms. The average Bonchev–Trinajstić information content (AvgIpc) is 2.07. The van der Waals surface area contributed by atoms with Gasteiger partial charge >= 0.3 is 6.03 Å². The molecule has 5 nitrogen and oxygen atoms in total. The van der Waals surface area contributed by atoms with E-state index in [2.05, 4.69) is 5.32 Å². The predicted molar refractivity (Wildman–Crippen MR) is 34.9 cm³/mol. The van der Waals surface area contributed by atoms with E-state index in [9.17, 15) is 9.59 Å². The molecule has 0 aromatic heterocycles. The highest BCUT2D eigenvalue weighted by Crippen LogP contribution is 2.12. The first-order chi connectivity index (χ1) is 5.27. The lowest BCUT2D eigenvalue weighted by Crippen LogP contribution is -2.50. The number of nitrogens with one attached hydrogen (secondary N) is 1. The minimum absolute atomic E-state index is 0.112. The molecule has 60 valence electrons. The van der Waals surface area contributed by atoms with Crippen LogP contribution < -0.4 is 5.32 Å². The van der Waals surface area contributed by atoms with Crippen molar-refractivity contribution in [3.63, 3.8) is 0 Å². The van der Waals surface area contributed by atoms with Gasteiger partial charge in [0.2, 0.25) is 5.91 Å². The summed E-state index contributed by atoms with van der Waals surface area (Å²) in [7, 11) is 0. The molecule has 2 fully saturated rings. The number of urea groups is 1. The summed E-state index contributed by atoms with van der Waals surface area (Å²) in [6.07, 6.45) is 0. The van der Waals surface area contributed by atoms with Gasteiger partial charge in [-0.3, -0.25) is 10.1 Å². The van der Waals surface area contributed by atoms with E-state index < -0.39 is 0 Å². The number of ether oxygens (including phenoxy) is 1. The Kier molecular flexibility index (Phi) is 1.32. The summed E-state index contributed by atoms with van der Waals surface area (Å²) in [6, 6.07) is -0.176. The van der Waals surface area contributed by atoms with Crippen molar-refractivity contribution in [2.45, 2.75) is 6.04 Å². The monoisotopic (exact) mass is 156 g/mol. The number of hydrogen-bond acceptors (Lipinski definition) is 3. The molecule has 0 radical (unpaired) electrons. The van der Waals surface area contributed by atoms with Crippen LogP contribution in [0.1, 0.15) is 0 Å². The van der Waals surface area contributed by atoms with Crippen molar-refractivity contribution in [3.05, 3.63) is 0 Å². The van der Waals surface area contributed by atoms with Gasteiger partial charge in [0.05, 0.1) is 19.3 Å². The SMILES string of the molecule is O=C1CN(C2COC2)C(=O)N1. The van der Waals surface area contributed by atoms with Crippen molar-refractivity contribution in [1.82, 2.24) is 10.2 Å². The van der Waals surface area contributed by atoms with Gasteiger partial charge in [-0.25, -0.2) is 4.79 Å². The van der Waals surface area contributed by atoms with Crippen molar-refractivity contribution in [3.8, 4) is 0 Å². The van der Waals surface area contributed by atoms with E-state index in [-0.39, 0.29) is 24.5 Å². The smallest absolute Gasteiger partial charge is 0.324 e. The highest BCUT2D eigenvalue weighted by Gasteiger charge is 2.36. The second kappa shape index (κ2) is 2.20. The third-order valence-electron chi connectivity index (χ3n) is 1.88. The standard InChI is InChI=1S/C6H8N2O3/c9-5-1-8(6(10)7-5)4-2-11-3-4/h4H,1-3H2,(H,7,9,10). The van der Waals surface area contributed by atoms with E-state index in [4.69, 9.17) is 4.74 Å². The van der Waals surface area contributed by atoms with E-state index >= 15 is 0 Å². The summed E-state index contributed by atoms with van der Waals surface area (Å²) >= 11 is 0. The van der Waals surface area contributed by atoms with Gasteiger partial charge in [-0.15, -0.1) is 0 Å². The number of amides is 3. The number of hydrogen-bond donors (Lipinski definition) is 1. The molecule has 0 bridgehead atoms. The first-order valence-electron chi connectivity index (χ1n) is 3.45. The molecule has 0 saturated carbocycles. The fourth-order valence-electron chi connectivity index (χ4n) is 1.16. The zero-order valence-corrected chi connectivity index (χ0v) is 5.87. The lowest BCUT2D eigenvalue weighted by molar-refractivity contribution is -0.119. The van der Waals surface area contributed by atoms with Crippen LogP contribution in [0.3, 0.4) is 0 Å². The van der Waals surface area contributed by atoms with E-state index in [0.717, 1.165) is 0 Å². The Morgan fingerprint density at radius 3 is 2.55 bits per heavy atom. The molecule has 0 aromatic carbocycles. The van der Waals surface area contributed by atoms with Gasteiger partial charge in [-0.05, 0) is 0 Å². The Balaban J connectivity index is 2.02. The molecule has 2 aliphatic heterocycles. The van der Waals surface area contributed by atoms with Crippen LogP contribution in [0.2, 0.25) is 0 Å². The Hall–Kier alpha value is -1.10. The maximum absolute atomic E-state index is 11.0. The highest BCUT2D eigenvalue weighted by molar-refractivity contribution is 6.02. The molecular weight excluding hydrogens is 148 g/mol. The Morgan fingerprint density at radius 1 is 1.45 bits per heavy atom. The zero-order valence-electron chi connectivity index (χ0n) is 5.87. The first kappa shape index (κ1) is 6.60. The van der Waals surface area contributed by atoms with Crippen LogP contribution in [-0.2, 0) is 9.53 Å². The summed E-state index contributed by atoms with van der Waals surface area (Å²) in [4.78, 5) is 23.2. The van der Waals surface area contributed by atoms with E-state index in [1.165, 1.54) is 4.90 Å². The summed E-state index contributed by atoms with van der Waals surface area (Å²) < 4.78 is 4.90. The van der Waals surface area contributed by atoms with E-state index in [1.807, 2.05) is 0 Å². The van der Waals surface area contributed by atoms with Crippen LogP contribution in [-0.4, -0.2) is 42.6 Å². The fourth-order valence-corrected chi connectivity index (χ4v) is 1.16. The van der Waals surface area contributed by atoms with E-state index in [1.54, 1.807) is 0 Å². The van der Waals surface area contributed by atoms with Crippen molar-refractivity contribution in [2.75, 3.05) is 19.8 Å². The summed E-state index contributed by atoms with van der Waals surface area (Å²) in [6.45, 7) is 1.30. The molecule has 0 aromatic rings. The van der Waals surface area contributed by atoms with E-state index in [0.29, 0.717) is 13.2 Å². The maximum Gasteiger partial charge on any atom is 0.324 e. The molecule has 11 heavy (non-hydrogen) atoms. The molecule has 2 heterocycles. The second-order valence-electron chi connectivity index (χ2n) is 2.67. The minimum Gasteiger partial charge on any atom is -0.377 e. The van der Waals surface area contributed by atoms with Gasteiger partial charge in [0.25, 0.3) is 0 Å². The molecule has 3 amide bonds. The minimum atomic E-state index is -0.289. The largest absolute Gasteiger partial charge is 0.377 e. The fraction of sp³-hybridized carbons (Fsp3) is 0.667. The summed E-state index contributed by atoms with van der Waals surface area (Å²) in [5.41, 5.74) is 0. The maximum atomic E-state index is 11.0. The number of nitrogens with zero attached hydrogens (tertiary/aromatic N) is 1. The van der Waals surface area contributed by atoms with Gasteiger partial charge in [-0.1, -0.05) is 0 Å². The van der Waals surface area contributed by atoms with Crippen LogP contribution in [0.5, 0.6) is 0 Å². The Bertz CT molecular complexity index is 212. The molecule has 2 aliphatic rings. The van der Waals surface area contributed by atoms with Crippen molar-refractivity contribution in [2.24, 2.45) is 0 Å². The third-order valence-corrected chi connectivity index (χ3v) is 1.88. The van der Waals surface area contributed by atoms with Gasteiger partial charge in [0.15, 0.2) is 0 Å². The molecule has 0 unspecified atom stereocenters. The van der Waals surface area contributed by atoms with Crippen LogP contribution in [0.25, 0.3) is 0 Å². The van der Waals surface area contributed by atoms with Crippen molar-refractivity contribution < 1.29 is 14.3 Å².